The highest BCUT2D eigenvalue weighted by molar-refractivity contribution is 6.31. The van der Waals surface area contributed by atoms with E-state index >= 15 is 0 Å². The topological polar surface area (TPSA) is 73.9 Å². The van der Waals surface area contributed by atoms with Gasteiger partial charge in [-0.2, -0.15) is 0 Å². The molecule has 0 bridgehead atoms. The Morgan fingerprint density at radius 3 is 2.66 bits per heavy atom. The Hall–Kier alpha value is -3.06. The molecule has 6 nitrogen and oxygen atoms in total. The van der Waals surface area contributed by atoms with E-state index in [-0.39, 0.29) is 36.1 Å². The van der Waals surface area contributed by atoms with Crippen LogP contribution in [0.3, 0.4) is 0 Å². The Kier molecular flexibility index (Phi) is 8.48. The number of benzene rings is 2. The molecule has 0 aliphatic carbocycles. The second kappa shape index (κ2) is 11.1. The van der Waals surface area contributed by atoms with Crippen molar-refractivity contribution in [3.8, 4) is 11.5 Å². The largest absolute Gasteiger partial charge is 0.493 e. The van der Waals surface area contributed by atoms with Gasteiger partial charge in [-0.1, -0.05) is 23.7 Å². The molecule has 2 rings (SSSR count). The molecular formula is C21H21ClFNO5. The molecule has 0 aliphatic rings. The van der Waals surface area contributed by atoms with Crippen molar-refractivity contribution in [3.05, 3.63) is 64.4 Å². The van der Waals surface area contributed by atoms with Crippen LogP contribution < -0.4 is 14.8 Å². The number of ether oxygens (including phenoxy) is 3. The standard InChI is InChI=1S/C21H21ClFNO5/c1-27-19-12-14(7-9-20(25)24-11-10-21(26)28-2)6-8-18(19)29-13-15-16(22)4-3-5-17(15)23/h3-9,12H,10-11,13H2,1-2H3,(H,24,25)/b9-7+. The predicted octanol–water partition coefficient (Wildman–Crippen LogP) is 3.76. The first-order chi connectivity index (χ1) is 13.9. The molecule has 0 radical (unpaired) electrons. The zero-order valence-corrected chi connectivity index (χ0v) is 16.8. The highest BCUT2D eigenvalue weighted by Crippen LogP contribution is 2.30. The van der Waals surface area contributed by atoms with Crippen LogP contribution in [-0.2, 0) is 20.9 Å². The Labute approximate surface area is 173 Å². The van der Waals surface area contributed by atoms with E-state index in [1.165, 1.54) is 32.4 Å². The summed E-state index contributed by atoms with van der Waals surface area (Å²) in [6.07, 6.45) is 3.03. The van der Waals surface area contributed by atoms with Crippen LogP contribution in [0.2, 0.25) is 5.02 Å². The third kappa shape index (κ3) is 6.80. The fourth-order valence-corrected chi connectivity index (χ4v) is 2.57. The van der Waals surface area contributed by atoms with E-state index in [1.54, 1.807) is 30.3 Å². The number of esters is 1. The Morgan fingerprint density at radius 2 is 1.97 bits per heavy atom. The zero-order chi connectivity index (χ0) is 21.2. The van der Waals surface area contributed by atoms with Gasteiger partial charge in [-0.05, 0) is 35.9 Å². The van der Waals surface area contributed by atoms with Gasteiger partial charge in [0.15, 0.2) is 11.5 Å². The van der Waals surface area contributed by atoms with Crippen LogP contribution in [-0.4, -0.2) is 32.6 Å². The van der Waals surface area contributed by atoms with Crippen molar-refractivity contribution in [1.82, 2.24) is 5.32 Å². The van der Waals surface area contributed by atoms with Crippen molar-refractivity contribution in [3.63, 3.8) is 0 Å². The maximum atomic E-state index is 13.9. The van der Waals surface area contributed by atoms with E-state index in [1.807, 2.05) is 0 Å². The average Bonchev–Trinajstić information content (AvgIpc) is 2.72. The highest BCUT2D eigenvalue weighted by Gasteiger charge is 2.10. The molecule has 0 aliphatic heterocycles. The molecule has 2 aromatic carbocycles. The van der Waals surface area contributed by atoms with Crippen molar-refractivity contribution in [1.29, 1.82) is 0 Å². The van der Waals surface area contributed by atoms with Gasteiger partial charge in [0.25, 0.3) is 0 Å². The van der Waals surface area contributed by atoms with Gasteiger partial charge in [0.05, 0.1) is 25.7 Å². The fourth-order valence-electron chi connectivity index (χ4n) is 2.35. The molecular weight excluding hydrogens is 401 g/mol. The van der Waals surface area contributed by atoms with Crippen molar-refractivity contribution in [2.75, 3.05) is 20.8 Å². The minimum atomic E-state index is -0.450. The summed E-state index contributed by atoms with van der Waals surface area (Å²) < 4.78 is 29.3. The minimum absolute atomic E-state index is 0.0559. The number of amides is 1. The van der Waals surface area contributed by atoms with Gasteiger partial charge in [-0.3, -0.25) is 9.59 Å². The number of carbonyl (C=O) groups excluding carboxylic acids is 2. The smallest absolute Gasteiger partial charge is 0.307 e. The van der Waals surface area contributed by atoms with E-state index in [4.69, 9.17) is 21.1 Å². The third-order valence-electron chi connectivity index (χ3n) is 3.90. The molecule has 0 saturated heterocycles. The number of nitrogens with one attached hydrogen (secondary N) is 1. The summed E-state index contributed by atoms with van der Waals surface area (Å²) >= 11 is 6.00. The molecule has 29 heavy (non-hydrogen) atoms. The Balaban J connectivity index is 1.99. The van der Waals surface area contributed by atoms with Crippen LogP contribution >= 0.6 is 11.6 Å². The molecule has 2 aromatic rings. The maximum Gasteiger partial charge on any atom is 0.307 e. The summed E-state index contributed by atoms with van der Waals surface area (Å²) in [7, 11) is 2.76. The van der Waals surface area contributed by atoms with Crippen molar-refractivity contribution < 1.29 is 28.2 Å². The molecule has 1 amide bonds. The Bertz CT molecular complexity index is 880. The lowest BCUT2D eigenvalue weighted by atomic mass is 10.2. The van der Waals surface area contributed by atoms with Gasteiger partial charge < -0.3 is 19.5 Å². The number of hydrogen-bond donors (Lipinski definition) is 1. The van der Waals surface area contributed by atoms with Gasteiger partial charge >= 0.3 is 5.97 Å². The maximum absolute atomic E-state index is 13.9. The van der Waals surface area contributed by atoms with E-state index < -0.39 is 11.8 Å². The summed E-state index contributed by atoms with van der Waals surface area (Å²) in [5.41, 5.74) is 0.949. The van der Waals surface area contributed by atoms with Crippen molar-refractivity contribution >= 4 is 29.6 Å². The molecule has 8 heteroatoms. The van der Waals surface area contributed by atoms with Crippen LogP contribution in [0.1, 0.15) is 17.5 Å². The first kappa shape index (κ1) is 22.2. The van der Waals surface area contributed by atoms with Crippen molar-refractivity contribution in [2.45, 2.75) is 13.0 Å². The zero-order valence-electron chi connectivity index (χ0n) is 16.0. The summed E-state index contributed by atoms with van der Waals surface area (Å²) in [6, 6.07) is 9.48. The second-order valence-electron chi connectivity index (χ2n) is 5.85. The predicted molar refractivity (Wildman–Crippen MR) is 107 cm³/mol. The van der Waals surface area contributed by atoms with Crippen LogP contribution in [0.4, 0.5) is 4.39 Å². The van der Waals surface area contributed by atoms with Gasteiger partial charge in [-0.25, -0.2) is 4.39 Å². The quantitative estimate of drug-likeness (QED) is 0.493. The molecule has 0 fully saturated rings. The SMILES string of the molecule is COC(=O)CCNC(=O)/C=C/c1ccc(OCc2c(F)cccc2Cl)c(OC)c1. The lowest BCUT2D eigenvalue weighted by molar-refractivity contribution is -0.140. The molecule has 0 heterocycles. The van der Waals surface area contributed by atoms with Gasteiger partial charge in [0.2, 0.25) is 5.91 Å². The normalized spacial score (nSPS) is 10.6. The minimum Gasteiger partial charge on any atom is -0.493 e. The van der Waals surface area contributed by atoms with Crippen molar-refractivity contribution in [2.24, 2.45) is 0 Å². The van der Waals surface area contributed by atoms with E-state index in [9.17, 15) is 14.0 Å². The lowest BCUT2D eigenvalue weighted by Crippen LogP contribution is -2.24. The number of carbonyl (C=O) groups is 2. The van der Waals surface area contributed by atoms with Gasteiger partial charge in [0.1, 0.15) is 12.4 Å². The van der Waals surface area contributed by atoms with E-state index in [2.05, 4.69) is 10.1 Å². The molecule has 0 saturated carbocycles. The van der Waals surface area contributed by atoms with E-state index in [0.717, 1.165) is 0 Å². The molecule has 0 spiro atoms. The summed E-state index contributed by atoms with van der Waals surface area (Å²) in [5, 5.41) is 2.86. The number of halogens is 2. The van der Waals surface area contributed by atoms with Crippen LogP contribution in [0.5, 0.6) is 11.5 Å². The average molecular weight is 422 g/mol. The molecule has 154 valence electrons. The van der Waals surface area contributed by atoms with Gasteiger partial charge in [-0.15, -0.1) is 0 Å². The second-order valence-corrected chi connectivity index (χ2v) is 6.26. The van der Waals surface area contributed by atoms with Gasteiger partial charge in [0, 0.05) is 18.2 Å². The highest BCUT2D eigenvalue weighted by atomic mass is 35.5. The molecule has 0 aromatic heterocycles. The lowest BCUT2D eigenvalue weighted by Gasteiger charge is -2.12. The Morgan fingerprint density at radius 1 is 1.17 bits per heavy atom. The van der Waals surface area contributed by atoms with Crippen LogP contribution in [0.25, 0.3) is 6.08 Å². The number of hydrogen-bond acceptors (Lipinski definition) is 5. The van der Waals surface area contributed by atoms with Crippen LogP contribution in [0.15, 0.2) is 42.5 Å². The third-order valence-corrected chi connectivity index (χ3v) is 4.26. The first-order valence-electron chi connectivity index (χ1n) is 8.71. The summed E-state index contributed by atoms with van der Waals surface area (Å²) in [6.45, 7) is 0.129. The monoisotopic (exact) mass is 421 g/mol. The fraction of sp³-hybridized carbons (Fsp3) is 0.238. The molecule has 1 N–H and O–H groups in total. The first-order valence-corrected chi connectivity index (χ1v) is 9.09. The number of methoxy groups -OCH3 is 2. The molecule has 0 unspecified atom stereocenters. The van der Waals surface area contributed by atoms with E-state index in [0.29, 0.717) is 17.1 Å². The molecule has 0 atom stereocenters. The summed E-state index contributed by atoms with van der Waals surface area (Å²) in [5.74, 6) is -0.361. The number of rotatable bonds is 9. The summed E-state index contributed by atoms with van der Waals surface area (Å²) in [4.78, 5) is 22.8. The van der Waals surface area contributed by atoms with Crippen LogP contribution in [0, 0.1) is 5.82 Å².